The molecule has 0 bridgehead atoms. The van der Waals surface area contributed by atoms with E-state index in [9.17, 15) is 9.59 Å². The lowest BCUT2D eigenvalue weighted by Crippen LogP contribution is -2.55. The molecule has 1 fully saturated rings. The molecule has 8 nitrogen and oxygen atoms in total. The summed E-state index contributed by atoms with van der Waals surface area (Å²) in [5.74, 6) is 0.00958. The van der Waals surface area contributed by atoms with Gasteiger partial charge in [0.2, 0.25) is 5.91 Å². The quantitative estimate of drug-likeness (QED) is 0.667. The molecule has 0 radical (unpaired) electrons. The number of anilines is 2. The van der Waals surface area contributed by atoms with Gasteiger partial charge in [0.05, 0.1) is 11.6 Å². The summed E-state index contributed by atoms with van der Waals surface area (Å²) in [4.78, 5) is 34.9. The van der Waals surface area contributed by atoms with Gasteiger partial charge in [-0.1, -0.05) is 0 Å². The number of imide groups is 1. The van der Waals surface area contributed by atoms with Gasteiger partial charge >= 0.3 is 6.03 Å². The zero-order valence-corrected chi connectivity index (χ0v) is 18.8. The number of nitrogen functional groups attached to an aromatic ring is 2. The molecule has 2 aromatic heterocycles. The molecular formula is C22H30N6O2S. The van der Waals surface area contributed by atoms with Crippen molar-refractivity contribution in [3.05, 3.63) is 40.5 Å². The van der Waals surface area contributed by atoms with Crippen molar-refractivity contribution in [2.45, 2.75) is 38.8 Å². The van der Waals surface area contributed by atoms with Crippen molar-refractivity contribution >= 4 is 34.0 Å². The van der Waals surface area contributed by atoms with Gasteiger partial charge in [-0.3, -0.25) is 14.7 Å². The average molecular weight is 443 g/mol. The number of carbonyl (C=O) groups excluding carboxylic acids is 2. The number of aromatic nitrogens is 1. The first-order valence-corrected chi connectivity index (χ1v) is 11.5. The predicted octanol–water partition coefficient (Wildman–Crippen LogP) is 2.10. The van der Waals surface area contributed by atoms with Gasteiger partial charge in [-0.2, -0.15) is 0 Å². The van der Waals surface area contributed by atoms with Crippen LogP contribution >= 0.6 is 11.3 Å². The van der Waals surface area contributed by atoms with Crippen molar-refractivity contribution in [1.82, 2.24) is 20.1 Å². The predicted molar refractivity (Wildman–Crippen MR) is 122 cm³/mol. The zero-order valence-electron chi connectivity index (χ0n) is 18.0. The van der Waals surface area contributed by atoms with Crippen molar-refractivity contribution in [2.75, 3.05) is 31.6 Å². The second-order valence-corrected chi connectivity index (χ2v) is 9.62. The summed E-state index contributed by atoms with van der Waals surface area (Å²) in [7, 11) is 2.07. The zero-order chi connectivity index (χ0) is 22.1. The Kier molecular flexibility index (Phi) is 6.15. The molecule has 4 rings (SSSR count). The number of piperidine rings is 1. The first kappa shape index (κ1) is 21.6. The minimum atomic E-state index is -0.352. The van der Waals surface area contributed by atoms with Crippen LogP contribution in [0.25, 0.3) is 0 Å². The molecule has 3 atom stereocenters. The van der Waals surface area contributed by atoms with E-state index in [1.807, 2.05) is 19.1 Å². The minimum Gasteiger partial charge on any atom is -0.396 e. The summed E-state index contributed by atoms with van der Waals surface area (Å²) < 4.78 is 0. The SMILES string of the molecule is CCN(C(=O)NCc1ccncc1)C(=O)[C@@H]1C[C@@H]2Cc3c(sc(N)c3N)C[C@H]2N(C)C1. The maximum absolute atomic E-state index is 13.3. The highest BCUT2D eigenvalue weighted by Gasteiger charge is 2.42. The Hall–Kier alpha value is -2.65. The number of carbonyl (C=O) groups is 2. The standard InChI is InChI=1S/C22H30N6O2S/c1-3-28(22(30)26-11-13-4-6-25-7-5-13)21(29)15-8-14-9-16-18(31-20(24)19(16)23)10-17(14)27(2)12-15/h4-7,14-15,17H,3,8-12,23-24H2,1-2H3,(H,26,30)/t14-,15-,17-/m1/s1. The van der Waals surface area contributed by atoms with E-state index in [4.69, 9.17) is 11.5 Å². The number of rotatable bonds is 4. The lowest BCUT2D eigenvalue weighted by atomic mass is 9.74. The van der Waals surface area contributed by atoms with Crippen molar-refractivity contribution in [3.63, 3.8) is 0 Å². The summed E-state index contributed by atoms with van der Waals surface area (Å²) >= 11 is 1.59. The van der Waals surface area contributed by atoms with Crippen LogP contribution in [0.2, 0.25) is 0 Å². The Morgan fingerprint density at radius 1 is 1.29 bits per heavy atom. The van der Waals surface area contributed by atoms with Crippen molar-refractivity contribution < 1.29 is 9.59 Å². The fourth-order valence-corrected chi connectivity index (χ4v) is 6.01. The fraction of sp³-hybridized carbons (Fsp3) is 0.500. The number of amides is 3. The first-order valence-electron chi connectivity index (χ1n) is 10.7. The lowest BCUT2D eigenvalue weighted by molar-refractivity contribution is -0.135. The van der Waals surface area contributed by atoms with Crippen LogP contribution in [0.4, 0.5) is 15.5 Å². The summed E-state index contributed by atoms with van der Waals surface area (Å²) in [6.45, 7) is 3.19. The topological polar surface area (TPSA) is 118 Å². The normalized spacial score (nSPS) is 23.0. The number of pyridine rings is 1. The molecule has 1 saturated heterocycles. The molecule has 31 heavy (non-hydrogen) atoms. The smallest absolute Gasteiger partial charge is 0.324 e. The number of hydrogen-bond acceptors (Lipinski definition) is 7. The molecule has 0 unspecified atom stereocenters. The van der Waals surface area contributed by atoms with Crippen LogP contribution in [0.1, 0.15) is 29.3 Å². The molecule has 0 spiro atoms. The third kappa shape index (κ3) is 4.24. The highest BCUT2D eigenvalue weighted by Crippen LogP contribution is 2.44. The van der Waals surface area contributed by atoms with E-state index in [0.717, 1.165) is 30.4 Å². The summed E-state index contributed by atoms with van der Waals surface area (Å²) in [5.41, 5.74) is 15.1. The Labute approximate surface area is 186 Å². The van der Waals surface area contributed by atoms with Gasteiger partial charge in [0, 0.05) is 42.9 Å². The number of nitrogens with one attached hydrogen (secondary N) is 1. The van der Waals surface area contributed by atoms with Gasteiger partial charge in [-0.05, 0) is 62.4 Å². The van der Waals surface area contributed by atoms with E-state index in [1.54, 1.807) is 23.7 Å². The van der Waals surface area contributed by atoms with Crippen LogP contribution < -0.4 is 16.8 Å². The Morgan fingerprint density at radius 3 is 2.74 bits per heavy atom. The van der Waals surface area contributed by atoms with Gasteiger partial charge < -0.3 is 21.7 Å². The maximum atomic E-state index is 13.3. The van der Waals surface area contributed by atoms with Crippen molar-refractivity contribution in [1.29, 1.82) is 0 Å². The third-order valence-electron chi connectivity index (χ3n) is 6.60. The number of thiophene rings is 1. The largest absolute Gasteiger partial charge is 0.396 e. The highest BCUT2D eigenvalue weighted by atomic mass is 32.1. The molecule has 3 amide bonds. The monoisotopic (exact) mass is 442 g/mol. The van der Waals surface area contributed by atoms with Crippen LogP contribution in [0.3, 0.4) is 0 Å². The second-order valence-electron chi connectivity index (χ2n) is 8.49. The van der Waals surface area contributed by atoms with Gasteiger partial charge in [0.15, 0.2) is 0 Å². The van der Waals surface area contributed by atoms with Gasteiger partial charge in [0.25, 0.3) is 0 Å². The van der Waals surface area contributed by atoms with Gasteiger partial charge in [-0.15, -0.1) is 11.3 Å². The Morgan fingerprint density at radius 2 is 2.03 bits per heavy atom. The van der Waals surface area contributed by atoms with E-state index in [1.165, 1.54) is 9.78 Å². The first-order chi connectivity index (χ1) is 14.9. The number of urea groups is 1. The number of likely N-dealkylation sites (tertiary alicyclic amines) is 1. The number of nitrogens with two attached hydrogens (primary N) is 2. The van der Waals surface area contributed by atoms with Crippen LogP contribution in [0.5, 0.6) is 0 Å². The molecule has 1 aliphatic heterocycles. The molecule has 2 aliphatic rings. The summed E-state index contributed by atoms with van der Waals surface area (Å²) in [6.07, 6.45) is 5.89. The maximum Gasteiger partial charge on any atom is 0.324 e. The molecule has 0 saturated carbocycles. The summed E-state index contributed by atoms with van der Waals surface area (Å²) in [6, 6.07) is 3.71. The van der Waals surface area contributed by atoms with Crippen molar-refractivity contribution in [3.8, 4) is 0 Å². The van der Waals surface area contributed by atoms with E-state index >= 15 is 0 Å². The molecule has 3 heterocycles. The second kappa shape index (κ2) is 8.84. The van der Waals surface area contributed by atoms with Gasteiger partial charge in [0.1, 0.15) is 5.00 Å². The van der Waals surface area contributed by atoms with E-state index < -0.39 is 0 Å². The van der Waals surface area contributed by atoms with Crippen molar-refractivity contribution in [2.24, 2.45) is 11.8 Å². The van der Waals surface area contributed by atoms with E-state index in [0.29, 0.717) is 42.3 Å². The average Bonchev–Trinajstić information content (AvgIpc) is 3.05. The fourth-order valence-electron chi connectivity index (χ4n) is 4.94. The molecule has 166 valence electrons. The molecule has 9 heteroatoms. The number of nitrogens with zero attached hydrogens (tertiary/aromatic N) is 3. The van der Waals surface area contributed by atoms with Gasteiger partial charge in [-0.25, -0.2) is 4.79 Å². The minimum absolute atomic E-state index is 0.108. The van der Waals surface area contributed by atoms with Crippen LogP contribution in [0.15, 0.2) is 24.5 Å². The number of fused-ring (bicyclic) bond motifs is 2. The number of likely N-dealkylation sites (N-methyl/N-ethyl adjacent to an activating group) is 1. The van der Waals surface area contributed by atoms with Crippen LogP contribution in [0, 0.1) is 11.8 Å². The third-order valence-corrected chi connectivity index (χ3v) is 7.70. The summed E-state index contributed by atoms with van der Waals surface area (Å²) in [5, 5.41) is 3.55. The number of hydrogen-bond donors (Lipinski definition) is 3. The molecule has 5 N–H and O–H groups in total. The lowest BCUT2D eigenvalue weighted by Gasteiger charge is -2.45. The Balaban J connectivity index is 1.43. The molecule has 1 aliphatic carbocycles. The van der Waals surface area contributed by atoms with Crippen LogP contribution in [-0.2, 0) is 24.2 Å². The van der Waals surface area contributed by atoms with E-state index in [-0.39, 0.29) is 17.9 Å². The van der Waals surface area contributed by atoms with Crippen LogP contribution in [-0.4, -0.2) is 52.9 Å². The molecular weight excluding hydrogens is 412 g/mol. The molecule has 0 aromatic carbocycles. The highest BCUT2D eigenvalue weighted by molar-refractivity contribution is 7.16. The molecule has 2 aromatic rings. The Bertz CT molecular complexity index is 962. The van der Waals surface area contributed by atoms with E-state index in [2.05, 4.69) is 22.2 Å².